The third kappa shape index (κ3) is 7.06. The Labute approximate surface area is 142 Å². The van der Waals surface area contributed by atoms with Crippen molar-refractivity contribution < 1.29 is 52.6 Å². The minimum absolute atomic E-state index is 0.488. The van der Waals surface area contributed by atoms with Gasteiger partial charge in [-0.2, -0.15) is 0 Å². The molecule has 1 rings (SSSR count). The summed E-state index contributed by atoms with van der Waals surface area (Å²) in [7, 11) is -5.06. The number of hydrogen-bond acceptors (Lipinski definition) is 9. The number of carbonyl (C=O) groups excluding carboxylic acids is 3. The first kappa shape index (κ1) is 21.5. The first-order valence-electron chi connectivity index (χ1n) is 7.06. The number of hydrogen-bond donors (Lipinski definition) is 4. The lowest BCUT2D eigenvalue weighted by atomic mass is 9.96. The Kier molecular flexibility index (Phi) is 7.47. The van der Waals surface area contributed by atoms with Crippen molar-refractivity contribution in [2.24, 2.45) is 0 Å². The number of carbonyl (C=O) groups is 3. The summed E-state index contributed by atoms with van der Waals surface area (Å²) in [5.74, 6) is -2.15. The van der Waals surface area contributed by atoms with E-state index < -0.39 is 62.9 Å². The van der Waals surface area contributed by atoms with Gasteiger partial charge in [0.1, 0.15) is 24.9 Å². The summed E-state index contributed by atoms with van der Waals surface area (Å²) in [6.45, 7) is 2.76. The number of nitrogens with one attached hydrogen (secondary N) is 1. The Morgan fingerprint density at radius 3 is 2.20 bits per heavy atom. The van der Waals surface area contributed by atoms with Gasteiger partial charge in [-0.25, -0.2) is 4.57 Å². The molecule has 0 radical (unpaired) electrons. The van der Waals surface area contributed by atoms with E-state index in [-0.39, 0.29) is 0 Å². The molecule has 0 spiro atoms. The third-order valence-corrected chi connectivity index (χ3v) is 3.52. The second-order valence-electron chi connectivity index (χ2n) is 5.23. The molecule has 5 atom stereocenters. The molecule has 1 amide bonds. The van der Waals surface area contributed by atoms with E-state index in [9.17, 15) is 24.1 Å². The number of amides is 1. The molecular weight excluding hydrogens is 365 g/mol. The molecule has 25 heavy (non-hydrogen) atoms. The molecule has 1 heterocycles. The van der Waals surface area contributed by atoms with Gasteiger partial charge in [-0.3, -0.25) is 18.9 Å². The van der Waals surface area contributed by atoms with Crippen LogP contribution in [0.3, 0.4) is 0 Å². The zero-order valence-electron chi connectivity index (χ0n) is 13.6. The fraction of sp³-hybridized carbons (Fsp3) is 0.750. The predicted octanol–water partition coefficient (Wildman–Crippen LogP) is -1.82. The van der Waals surface area contributed by atoms with Gasteiger partial charge < -0.3 is 34.4 Å². The summed E-state index contributed by atoms with van der Waals surface area (Å²) in [4.78, 5) is 51.4. The van der Waals surface area contributed by atoms with Crippen molar-refractivity contribution in [1.82, 2.24) is 5.32 Å². The first-order valence-corrected chi connectivity index (χ1v) is 8.59. The molecule has 0 bridgehead atoms. The van der Waals surface area contributed by atoms with E-state index in [0.717, 1.165) is 20.8 Å². The van der Waals surface area contributed by atoms with Crippen molar-refractivity contribution in [3.8, 4) is 0 Å². The molecular formula is C12H20NO11P. The third-order valence-electron chi connectivity index (χ3n) is 3.04. The fourth-order valence-electron chi connectivity index (χ4n) is 2.20. The maximum Gasteiger partial charge on any atom is 0.472 e. The molecule has 1 aliphatic rings. The maximum atomic E-state index is 11.3. The molecule has 1 aliphatic heterocycles. The molecule has 0 aromatic heterocycles. The average Bonchev–Trinajstić information content (AvgIpc) is 2.42. The van der Waals surface area contributed by atoms with Gasteiger partial charge in [-0.1, -0.05) is 0 Å². The second-order valence-corrected chi connectivity index (χ2v) is 6.42. The van der Waals surface area contributed by atoms with E-state index in [1.807, 2.05) is 0 Å². The van der Waals surface area contributed by atoms with Gasteiger partial charge in [-0.05, 0) is 0 Å². The topological polar surface area (TPSA) is 178 Å². The molecule has 0 unspecified atom stereocenters. The molecule has 1 fully saturated rings. The van der Waals surface area contributed by atoms with Gasteiger partial charge in [0, 0.05) is 20.8 Å². The average molecular weight is 385 g/mol. The lowest BCUT2D eigenvalue weighted by molar-refractivity contribution is -0.255. The van der Waals surface area contributed by atoms with Crippen molar-refractivity contribution in [2.75, 3.05) is 6.61 Å². The van der Waals surface area contributed by atoms with E-state index >= 15 is 0 Å². The van der Waals surface area contributed by atoms with Gasteiger partial charge in [0.05, 0.1) is 0 Å². The van der Waals surface area contributed by atoms with Crippen molar-refractivity contribution in [1.29, 1.82) is 0 Å². The van der Waals surface area contributed by atoms with Crippen molar-refractivity contribution in [3.63, 3.8) is 0 Å². The maximum absolute atomic E-state index is 11.3. The van der Waals surface area contributed by atoms with Crippen LogP contribution in [0.1, 0.15) is 20.8 Å². The molecule has 0 saturated carbocycles. The number of phosphoric ester groups is 1. The van der Waals surface area contributed by atoms with Crippen LogP contribution in [0.15, 0.2) is 0 Å². The van der Waals surface area contributed by atoms with Crippen LogP contribution in [0.2, 0.25) is 0 Å². The van der Waals surface area contributed by atoms with Crippen LogP contribution >= 0.6 is 7.82 Å². The van der Waals surface area contributed by atoms with Crippen LogP contribution in [0.5, 0.6) is 0 Å². The SMILES string of the molecule is CC(=O)N[C@H]1[C@@H](OP(=O)(O)O)O[C@H](COC(C)=O)[C@H](OC(C)=O)[C@@H]1O. The molecule has 0 aliphatic carbocycles. The number of esters is 2. The largest absolute Gasteiger partial charge is 0.472 e. The molecule has 1 saturated heterocycles. The minimum Gasteiger partial charge on any atom is -0.463 e. The van der Waals surface area contributed by atoms with Gasteiger partial charge in [0.15, 0.2) is 12.4 Å². The molecule has 0 aromatic carbocycles. The zero-order chi connectivity index (χ0) is 19.4. The fourth-order valence-corrected chi connectivity index (χ4v) is 2.66. The highest BCUT2D eigenvalue weighted by Gasteiger charge is 2.50. The predicted molar refractivity (Wildman–Crippen MR) is 77.6 cm³/mol. The normalized spacial score (nSPS) is 29.6. The summed E-state index contributed by atoms with van der Waals surface area (Å²) in [6.07, 6.45) is -6.11. The Morgan fingerprint density at radius 2 is 1.76 bits per heavy atom. The van der Waals surface area contributed by atoms with Gasteiger partial charge in [-0.15, -0.1) is 0 Å². The highest BCUT2D eigenvalue weighted by Crippen LogP contribution is 2.41. The summed E-state index contributed by atoms with van der Waals surface area (Å²) in [5, 5.41) is 12.6. The number of rotatable bonds is 6. The smallest absolute Gasteiger partial charge is 0.463 e. The lowest BCUT2D eigenvalue weighted by Crippen LogP contribution is -2.65. The number of aliphatic hydroxyl groups is 1. The molecule has 0 aromatic rings. The minimum atomic E-state index is -5.06. The Balaban J connectivity index is 3.10. The quantitative estimate of drug-likeness (QED) is 0.299. The highest BCUT2D eigenvalue weighted by molar-refractivity contribution is 7.46. The zero-order valence-corrected chi connectivity index (χ0v) is 14.5. The van der Waals surface area contributed by atoms with Crippen molar-refractivity contribution in [3.05, 3.63) is 0 Å². The Bertz CT molecular complexity index is 559. The van der Waals surface area contributed by atoms with Gasteiger partial charge in [0.2, 0.25) is 5.91 Å². The molecule has 144 valence electrons. The number of ether oxygens (including phenoxy) is 3. The van der Waals surface area contributed by atoms with Crippen LogP contribution in [-0.2, 0) is 37.7 Å². The summed E-state index contributed by atoms with van der Waals surface area (Å²) < 4.78 is 30.5. The second kappa shape index (κ2) is 8.70. The monoisotopic (exact) mass is 385 g/mol. The van der Waals surface area contributed by atoms with Crippen LogP contribution in [0, 0.1) is 0 Å². The number of aliphatic hydroxyl groups excluding tert-OH is 1. The molecule has 12 nitrogen and oxygen atoms in total. The van der Waals surface area contributed by atoms with E-state index in [2.05, 4.69) is 9.84 Å². The van der Waals surface area contributed by atoms with Gasteiger partial charge in [0.25, 0.3) is 0 Å². The summed E-state index contributed by atoms with van der Waals surface area (Å²) in [5.41, 5.74) is 0. The molecule has 4 N–H and O–H groups in total. The number of phosphoric acid groups is 1. The molecule has 13 heteroatoms. The van der Waals surface area contributed by atoms with Crippen molar-refractivity contribution >= 4 is 25.7 Å². The lowest BCUT2D eigenvalue weighted by Gasteiger charge is -2.43. The standard InChI is InChI=1S/C12H20NO11P/c1-5(14)13-9-10(17)11(22-7(3)16)8(4-21-6(2)15)23-12(9)24-25(18,19)20/h8-12,17H,4H2,1-3H3,(H,13,14)(H2,18,19,20)/t8-,9-,10-,11+,12-/m1/s1. The highest BCUT2D eigenvalue weighted by atomic mass is 31.2. The van der Waals surface area contributed by atoms with E-state index in [1.165, 1.54) is 0 Å². The first-order chi connectivity index (χ1) is 11.4. The van der Waals surface area contributed by atoms with E-state index in [1.54, 1.807) is 0 Å². The summed E-state index contributed by atoms with van der Waals surface area (Å²) in [6, 6.07) is -1.46. The van der Waals surface area contributed by atoms with Crippen LogP contribution in [0.25, 0.3) is 0 Å². The van der Waals surface area contributed by atoms with Crippen LogP contribution in [-0.4, -0.2) is 70.0 Å². The Hall–Kier alpha value is -1.56. The van der Waals surface area contributed by atoms with Crippen LogP contribution in [0.4, 0.5) is 0 Å². The van der Waals surface area contributed by atoms with Crippen molar-refractivity contribution in [2.45, 2.75) is 51.4 Å². The van der Waals surface area contributed by atoms with Gasteiger partial charge >= 0.3 is 19.8 Å². The van der Waals surface area contributed by atoms with E-state index in [4.69, 9.17) is 24.0 Å². The summed E-state index contributed by atoms with van der Waals surface area (Å²) >= 11 is 0. The van der Waals surface area contributed by atoms with Crippen LogP contribution < -0.4 is 5.32 Å². The van der Waals surface area contributed by atoms with E-state index in [0.29, 0.717) is 0 Å². The Morgan fingerprint density at radius 1 is 1.16 bits per heavy atom.